The quantitative estimate of drug-likeness (QED) is 0.525. The predicted molar refractivity (Wildman–Crippen MR) is 122 cm³/mol. The second kappa shape index (κ2) is 11.2. The highest BCUT2D eigenvalue weighted by atomic mass is 16.6. The van der Waals surface area contributed by atoms with Gasteiger partial charge in [-0.25, -0.2) is 9.59 Å². The molecule has 3 rings (SSSR count). The standard InChI is InChI=1S/C25H42N2O4/c1-18-14-19(2)25(20(3)15-18,16-30-23(28)26-21-10-6-4-7-11-21)17-31-24(29)27-22-12-8-5-9-13-22/h14,19-22H,4-13,15-17H2,1-3H3,(H,26,28)(H,27,29)/t19-,20-/m1/s1. The van der Waals surface area contributed by atoms with Gasteiger partial charge in [-0.1, -0.05) is 64.0 Å². The average Bonchev–Trinajstić information content (AvgIpc) is 2.74. The molecule has 31 heavy (non-hydrogen) atoms. The van der Waals surface area contributed by atoms with Crippen molar-refractivity contribution in [1.29, 1.82) is 0 Å². The van der Waals surface area contributed by atoms with E-state index in [-0.39, 0.29) is 49.3 Å². The molecule has 0 aliphatic heterocycles. The van der Waals surface area contributed by atoms with Gasteiger partial charge in [0.05, 0.1) is 0 Å². The molecule has 3 aliphatic rings. The molecule has 2 fully saturated rings. The van der Waals surface area contributed by atoms with E-state index in [1.165, 1.54) is 18.4 Å². The molecule has 0 unspecified atom stereocenters. The number of hydrogen-bond acceptors (Lipinski definition) is 4. The number of alkyl carbamates (subject to hydrolysis) is 2. The fraction of sp³-hybridized carbons (Fsp3) is 0.840. The van der Waals surface area contributed by atoms with Crippen molar-refractivity contribution in [3.05, 3.63) is 11.6 Å². The maximum atomic E-state index is 12.5. The van der Waals surface area contributed by atoms with Crippen molar-refractivity contribution < 1.29 is 19.1 Å². The summed E-state index contributed by atoms with van der Waals surface area (Å²) in [7, 11) is 0. The van der Waals surface area contributed by atoms with Crippen LogP contribution < -0.4 is 10.6 Å². The van der Waals surface area contributed by atoms with Gasteiger partial charge in [-0.3, -0.25) is 0 Å². The highest BCUT2D eigenvalue weighted by Gasteiger charge is 2.45. The highest BCUT2D eigenvalue weighted by molar-refractivity contribution is 5.68. The van der Waals surface area contributed by atoms with Gasteiger partial charge in [-0.15, -0.1) is 0 Å². The van der Waals surface area contributed by atoms with Crippen molar-refractivity contribution >= 4 is 12.2 Å². The van der Waals surface area contributed by atoms with Crippen LogP contribution in [0.25, 0.3) is 0 Å². The Kier molecular flexibility index (Phi) is 8.67. The predicted octanol–water partition coefficient (Wildman–Crippen LogP) is 5.71. The van der Waals surface area contributed by atoms with Crippen molar-refractivity contribution in [2.24, 2.45) is 17.3 Å². The lowest BCUT2D eigenvalue weighted by molar-refractivity contribution is -0.0372. The Hall–Kier alpha value is -1.72. The Morgan fingerprint density at radius 2 is 1.32 bits per heavy atom. The Morgan fingerprint density at radius 3 is 1.74 bits per heavy atom. The normalized spacial score (nSPS) is 27.1. The molecule has 0 spiro atoms. The van der Waals surface area contributed by atoms with E-state index in [1.807, 2.05) is 0 Å². The van der Waals surface area contributed by atoms with Gasteiger partial charge in [0.15, 0.2) is 0 Å². The van der Waals surface area contributed by atoms with Crippen molar-refractivity contribution in [2.75, 3.05) is 13.2 Å². The zero-order valence-electron chi connectivity index (χ0n) is 19.7. The first-order valence-corrected chi connectivity index (χ1v) is 12.4. The monoisotopic (exact) mass is 434 g/mol. The topological polar surface area (TPSA) is 76.7 Å². The lowest BCUT2D eigenvalue weighted by Gasteiger charge is -2.45. The molecule has 0 aromatic carbocycles. The molecular formula is C25H42N2O4. The average molecular weight is 435 g/mol. The molecule has 6 nitrogen and oxygen atoms in total. The van der Waals surface area contributed by atoms with E-state index in [1.54, 1.807) is 0 Å². The van der Waals surface area contributed by atoms with E-state index in [4.69, 9.17) is 9.47 Å². The van der Waals surface area contributed by atoms with Gasteiger partial charge >= 0.3 is 12.2 Å². The van der Waals surface area contributed by atoms with E-state index in [0.29, 0.717) is 0 Å². The third kappa shape index (κ3) is 6.63. The zero-order chi connectivity index (χ0) is 22.3. The molecular weight excluding hydrogens is 392 g/mol. The van der Waals surface area contributed by atoms with Crippen LogP contribution >= 0.6 is 0 Å². The summed E-state index contributed by atoms with van der Waals surface area (Å²) in [5.41, 5.74) is 0.932. The SMILES string of the molecule is CC1=C[C@@H](C)C(COC(=O)NC2CCCCC2)(COC(=O)NC2CCCCC2)[C@H](C)C1. The van der Waals surface area contributed by atoms with E-state index in [2.05, 4.69) is 37.5 Å². The molecule has 0 aromatic rings. The Balaban J connectivity index is 1.58. The zero-order valence-corrected chi connectivity index (χ0v) is 19.7. The van der Waals surface area contributed by atoms with Crippen molar-refractivity contribution in [2.45, 2.75) is 103 Å². The van der Waals surface area contributed by atoms with Crippen molar-refractivity contribution in [3.8, 4) is 0 Å². The number of amides is 2. The molecule has 0 heterocycles. The van der Waals surface area contributed by atoms with Crippen LogP contribution in [0.5, 0.6) is 0 Å². The van der Waals surface area contributed by atoms with Gasteiger partial charge in [0.1, 0.15) is 13.2 Å². The molecule has 2 amide bonds. The van der Waals surface area contributed by atoms with Crippen LogP contribution in [-0.2, 0) is 9.47 Å². The van der Waals surface area contributed by atoms with Crippen LogP contribution in [0.2, 0.25) is 0 Å². The number of carbonyl (C=O) groups excluding carboxylic acids is 2. The highest BCUT2D eigenvalue weighted by Crippen LogP contribution is 2.45. The largest absolute Gasteiger partial charge is 0.449 e. The number of allylic oxidation sites excluding steroid dienone is 2. The number of nitrogens with one attached hydrogen (secondary N) is 2. The van der Waals surface area contributed by atoms with Crippen LogP contribution in [0.4, 0.5) is 9.59 Å². The summed E-state index contributed by atoms with van der Waals surface area (Å²) >= 11 is 0. The molecule has 176 valence electrons. The van der Waals surface area contributed by atoms with Crippen molar-refractivity contribution in [3.63, 3.8) is 0 Å². The number of ether oxygens (including phenoxy) is 2. The second-order valence-electron chi connectivity index (χ2n) is 10.3. The Morgan fingerprint density at radius 1 is 0.871 bits per heavy atom. The maximum Gasteiger partial charge on any atom is 0.407 e. The molecule has 0 saturated heterocycles. The van der Waals surface area contributed by atoms with Crippen LogP contribution in [0.3, 0.4) is 0 Å². The summed E-state index contributed by atoms with van der Waals surface area (Å²) < 4.78 is 11.5. The molecule has 3 aliphatic carbocycles. The van der Waals surface area contributed by atoms with E-state index >= 15 is 0 Å². The smallest absolute Gasteiger partial charge is 0.407 e. The summed E-state index contributed by atoms with van der Waals surface area (Å²) in [4.78, 5) is 25.0. The minimum Gasteiger partial charge on any atom is -0.449 e. The van der Waals surface area contributed by atoms with Crippen LogP contribution in [0.1, 0.15) is 91.4 Å². The molecule has 2 saturated carbocycles. The first-order valence-electron chi connectivity index (χ1n) is 12.4. The molecule has 2 N–H and O–H groups in total. The van der Waals surface area contributed by atoms with Gasteiger partial charge in [-0.05, 0) is 50.9 Å². The van der Waals surface area contributed by atoms with Gasteiger partial charge < -0.3 is 20.1 Å². The van der Waals surface area contributed by atoms with E-state index in [9.17, 15) is 9.59 Å². The Labute approximate surface area is 187 Å². The maximum absolute atomic E-state index is 12.5. The minimum atomic E-state index is -0.409. The first-order chi connectivity index (χ1) is 14.9. The summed E-state index contributed by atoms with van der Waals surface area (Å²) in [6.45, 7) is 6.98. The lowest BCUT2D eigenvalue weighted by Crippen LogP contribution is -2.49. The van der Waals surface area contributed by atoms with Crippen LogP contribution in [-0.4, -0.2) is 37.5 Å². The third-order valence-corrected chi connectivity index (χ3v) is 7.85. The summed E-state index contributed by atoms with van der Waals surface area (Å²) in [6, 6.07) is 0.441. The summed E-state index contributed by atoms with van der Waals surface area (Å²) in [5.74, 6) is 0.402. The fourth-order valence-electron chi connectivity index (χ4n) is 5.70. The van der Waals surface area contributed by atoms with Gasteiger partial charge in [0.25, 0.3) is 0 Å². The van der Waals surface area contributed by atoms with E-state index < -0.39 is 5.41 Å². The number of rotatable bonds is 6. The minimum absolute atomic E-state index is 0.154. The van der Waals surface area contributed by atoms with E-state index in [0.717, 1.165) is 57.8 Å². The number of hydrogen-bond donors (Lipinski definition) is 2. The fourth-order valence-corrected chi connectivity index (χ4v) is 5.70. The molecule has 6 heteroatoms. The second-order valence-corrected chi connectivity index (χ2v) is 10.3. The Bertz CT molecular complexity index is 599. The molecule has 2 atom stereocenters. The number of carbonyl (C=O) groups is 2. The summed E-state index contributed by atoms with van der Waals surface area (Å²) in [6.07, 6.45) is 13.7. The first kappa shape index (κ1) is 23.9. The third-order valence-electron chi connectivity index (χ3n) is 7.85. The van der Waals surface area contributed by atoms with Crippen LogP contribution in [0.15, 0.2) is 11.6 Å². The van der Waals surface area contributed by atoms with Gasteiger partial charge in [0, 0.05) is 17.5 Å². The summed E-state index contributed by atoms with van der Waals surface area (Å²) in [5, 5.41) is 6.07. The molecule has 0 aromatic heterocycles. The molecule has 0 bridgehead atoms. The van der Waals surface area contributed by atoms with Gasteiger partial charge in [-0.2, -0.15) is 0 Å². The van der Waals surface area contributed by atoms with Crippen molar-refractivity contribution in [1.82, 2.24) is 10.6 Å². The molecule has 0 radical (unpaired) electrons. The van der Waals surface area contributed by atoms with Gasteiger partial charge in [0.2, 0.25) is 0 Å². The lowest BCUT2D eigenvalue weighted by atomic mass is 9.63. The van der Waals surface area contributed by atoms with Crippen LogP contribution in [0, 0.1) is 17.3 Å².